The molecule has 0 radical (unpaired) electrons. The lowest BCUT2D eigenvalue weighted by molar-refractivity contribution is 0.0767. The normalized spacial score (nSPS) is 22.5. The molecule has 0 bridgehead atoms. The summed E-state index contributed by atoms with van der Waals surface area (Å²) < 4.78 is 14.9. The van der Waals surface area contributed by atoms with Crippen molar-refractivity contribution in [2.75, 3.05) is 19.6 Å². The number of nitrogens with one attached hydrogen (secondary N) is 1. The summed E-state index contributed by atoms with van der Waals surface area (Å²) in [6.07, 6.45) is 6.22. The van der Waals surface area contributed by atoms with Crippen LogP contribution < -0.4 is 5.32 Å². The van der Waals surface area contributed by atoms with Crippen molar-refractivity contribution in [3.8, 4) is 0 Å². The topological polar surface area (TPSA) is 66.7 Å². The third-order valence-corrected chi connectivity index (χ3v) is 6.16. The van der Waals surface area contributed by atoms with E-state index in [1.165, 1.54) is 24.3 Å². The third kappa shape index (κ3) is 3.37. The van der Waals surface area contributed by atoms with Crippen molar-refractivity contribution in [3.63, 3.8) is 0 Å². The first-order valence-corrected chi connectivity index (χ1v) is 9.86. The summed E-state index contributed by atoms with van der Waals surface area (Å²) in [4.78, 5) is 30.9. The molecule has 1 saturated carbocycles. The average molecular weight is 392 g/mol. The second kappa shape index (κ2) is 6.99. The van der Waals surface area contributed by atoms with Crippen LogP contribution in [0, 0.1) is 23.6 Å². The van der Waals surface area contributed by atoms with Crippen LogP contribution in [0.15, 0.2) is 55.0 Å². The van der Waals surface area contributed by atoms with E-state index in [9.17, 15) is 14.0 Å². The first-order chi connectivity index (χ1) is 14.1. The predicted octanol–water partition coefficient (Wildman–Crippen LogP) is 2.61. The van der Waals surface area contributed by atoms with Crippen LogP contribution in [0.4, 0.5) is 4.39 Å². The molecular formula is C22H21FN4O2. The van der Waals surface area contributed by atoms with E-state index in [2.05, 4.69) is 10.3 Å². The van der Waals surface area contributed by atoms with E-state index in [-0.39, 0.29) is 17.6 Å². The molecule has 2 fully saturated rings. The number of hydrogen-bond donors (Lipinski definition) is 1. The largest absolute Gasteiger partial charge is 0.352 e. The number of amides is 2. The first kappa shape index (κ1) is 17.8. The molecule has 1 N–H and O–H groups in total. The zero-order valence-electron chi connectivity index (χ0n) is 15.8. The van der Waals surface area contributed by atoms with Crippen molar-refractivity contribution >= 4 is 17.5 Å². The highest BCUT2D eigenvalue weighted by Gasteiger charge is 2.55. The van der Waals surface area contributed by atoms with E-state index in [1.807, 2.05) is 21.6 Å². The van der Waals surface area contributed by atoms with Gasteiger partial charge in [0, 0.05) is 43.8 Å². The van der Waals surface area contributed by atoms with E-state index in [4.69, 9.17) is 0 Å². The highest BCUT2D eigenvalue weighted by atomic mass is 19.1. The molecule has 0 unspecified atom stereocenters. The van der Waals surface area contributed by atoms with Gasteiger partial charge in [-0.05, 0) is 60.6 Å². The first-order valence-electron chi connectivity index (χ1n) is 9.86. The summed E-state index contributed by atoms with van der Waals surface area (Å²) >= 11 is 0. The fourth-order valence-electron chi connectivity index (χ4n) is 4.53. The van der Waals surface area contributed by atoms with E-state index >= 15 is 0 Å². The molecule has 3 atom stereocenters. The molecule has 6 nitrogen and oxygen atoms in total. The molecule has 148 valence electrons. The van der Waals surface area contributed by atoms with Gasteiger partial charge in [0.1, 0.15) is 11.5 Å². The maximum absolute atomic E-state index is 13.0. The molecule has 7 heteroatoms. The molecule has 5 rings (SSSR count). The Balaban J connectivity index is 1.09. The average Bonchev–Trinajstić information content (AvgIpc) is 3.10. The number of rotatable bonds is 5. The van der Waals surface area contributed by atoms with Gasteiger partial charge in [0.05, 0.1) is 5.56 Å². The quantitative estimate of drug-likeness (QED) is 0.726. The van der Waals surface area contributed by atoms with Gasteiger partial charge in [-0.2, -0.15) is 0 Å². The number of hydrogen-bond acceptors (Lipinski definition) is 3. The Morgan fingerprint density at radius 2 is 1.79 bits per heavy atom. The summed E-state index contributed by atoms with van der Waals surface area (Å²) in [5.74, 6) is 1.14. The van der Waals surface area contributed by atoms with Gasteiger partial charge in [0.15, 0.2) is 0 Å². The van der Waals surface area contributed by atoms with Crippen molar-refractivity contribution in [2.45, 2.75) is 6.42 Å². The summed E-state index contributed by atoms with van der Waals surface area (Å²) in [6, 6.07) is 9.32. The van der Waals surface area contributed by atoms with Crippen LogP contribution >= 0.6 is 0 Å². The molecule has 3 heterocycles. The van der Waals surface area contributed by atoms with Gasteiger partial charge in [0.2, 0.25) is 0 Å². The van der Waals surface area contributed by atoms with Gasteiger partial charge in [0.25, 0.3) is 11.8 Å². The van der Waals surface area contributed by atoms with Crippen LogP contribution in [0.5, 0.6) is 0 Å². The molecule has 1 saturated heterocycles. The molecule has 3 aromatic rings. The number of fused-ring (bicyclic) bond motifs is 2. The van der Waals surface area contributed by atoms with Gasteiger partial charge in [-0.1, -0.05) is 0 Å². The number of halogens is 1. The van der Waals surface area contributed by atoms with E-state index < -0.39 is 0 Å². The summed E-state index contributed by atoms with van der Waals surface area (Å²) in [5.41, 5.74) is 1.96. The molecule has 1 aliphatic carbocycles. The number of piperidine rings is 1. The van der Waals surface area contributed by atoms with Crippen LogP contribution in [-0.4, -0.2) is 45.7 Å². The number of benzene rings is 1. The Hall–Kier alpha value is -3.22. The Morgan fingerprint density at radius 1 is 1.07 bits per heavy atom. The van der Waals surface area contributed by atoms with E-state index in [1.54, 1.807) is 18.5 Å². The predicted molar refractivity (Wildman–Crippen MR) is 105 cm³/mol. The lowest BCUT2D eigenvalue weighted by Crippen LogP contribution is -2.32. The molecule has 1 aromatic carbocycles. The smallest absolute Gasteiger partial charge is 0.253 e. The van der Waals surface area contributed by atoms with Crippen molar-refractivity contribution in [2.24, 2.45) is 17.8 Å². The number of aromatic nitrogens is 2. The molecule has 2 aromatic heterocycles. The minimum Gasteiger partial charge on any atom is -0.352 e. The third-order valence-electron chi connectivity index (χ3n) is 6.16. The molecule has 2 aliphatic rings. The van der Waals surface area contributed by atoms with Gasteiger partial charge in [-0.3, -0.25) is 9.59 Å². The van der Waals surface area contributed by atoms with Crippen LogP contribution in [0.3, 0.4) is 0 Å². The van der Waals surface area contributed by atoms with Crippen molar-refractivity contribution in [1.29, 1.82) is 0 Å². The Kier molecular flexibility index (Phi) is 4.30. The zero-order chi connectivity index (χ0) is 20.0. The van der Waals surface area contributed by atoms with E-state index in [0.29, 0.717) is 35.4 Å². The highest BCUT2D eigenvalue weighted by Crippen LogP contribution is 2.53. The van der Waals surface area contributed by atoms with Gasteiger partial charge in [-0.25, -0.2) is 9.37 Å². The second-order valence-corrected chi connectivity index (χ2v) is 7.86. The maximum Gasteiger partial charge on any atom is 0.253 e. The van der Waals surface area contributed by atoms with Crippen LogP contribution in [0.1, 0.15) is 27.1 Å². The lowest BCUT2D eigenvalue weighted by atomic mass is 10.1. The van der Waals surface area contributed by atoms with Crippen molar-refractivity contribution < 1.29 is 14.0 Å². The number of imidazole rings is 1. The number of pyridine rings is 1. The SMILES string of the molecule is O=C(NCC[C@@H]1[C@H]2CN(C(=O)c3ccc(F)cc3)C[C@@H]12)c1ccc2nccn2c1. The molecule has 1 aliphatic heterocycles. The molecule has 29 heavy (non-hydrogen) atoms. The minimum absolute atomic E-state index is 0.0286. The highest BCUT2D eigenvalue weighted by molar-refractivity contribution is 5.95. The maximum atomic E-state index is 13.0. The zero-order valence-corrected chi connectivity index (χ0v) is 15.8. The fourth-order valence-corrected chi connectivity index (χ4v) is 4.53. The number of likely N-dealkylation sites (tertiary alicyclic amines) is 1. The van der Waals surface area contributed by atoms with Crippen LogP contribution in [-0.2, 0) is 0 Å². The monoisotopic (exact) mass is 392 g/mol. The number of nitrogens with zero attached hydrogens (tertiary/aromatic N) is 3. The second-order valence-electron chi connectivity index (χ2n) is 7.86. The van der Waals surface area contributed by atoms with Crippen LogP contribution in [0.2, 0.25) is 0 Å². The van der Waals surface area contributed by atoms with Gasteiger partial charge in [-0.15, -0.1) is 0 Å². The molecule has 2 amide bonds. The standard InChI is InChI=1S/C22H21FN4O2/c23-16-4-1-14(2-5-16)22(29)27-12-18-17(19(18)13-27)7-8-25-21(28)15-3-6-20-24-9-10-26(20)11-15/h1-6,9-11,17-19H,7-8,12-13H2,(H,25,28)/t17-,18-,19+. The van der Waals surface area contributed by atoms with Gasteiger partial charge < -0.3 is 14.6 Å². The minimum atomic E-state index is -0.335. The van der Waals surface area contributed by atoms with E-state index in [0.717, 1.165) is 25.2 Å². The summed E-state index contributed by atoms with van der Waals surface area (Å²) in [6.45, 7) is 2.12. The number of carbonyl (C=O) groups is 2. The van der Waals surface area contributed by atoms with Gasteiger partial charge >= 0.3 is 0 Å². The number of carbonyl (C=O) groups excluding carboxylic acids is 2. The van der Waals surface area contributed by atoms with Crippen molar-refractivity contribution in [3.05, 3.63) is 71.9 Å². The molecule has 0 spiro atoms. The van der Waals surface area contributed by atoms with Crippen molar-refractivity contribution in [1.82, 2.24) is 19.6 Å². The van der Waals surface area contributed by atoms with Crippen LogP contribution in [0.25, 0.3) is 5.65 Å². The Bertz CT molecular complexity index is 1070. The Morgan fingerprint density at radius 3 is 2.55 bits per heavy atom. The lowest BCUT2D eigenvalue weighted by Gasteiger charge is -2.20. The Labute approximate surface area is 167 Å². The fraction of sp³-hybridized carbons (Fsp3) is 0.318. The molecular weight excluding hydrogens is 371 g/mol. The summed E-state index contributed by atoms with van der Waals surface area (Å²) in [5, 5.41) is 2.99. The summed E-state index contributed by atoms with van der Waals surface area (Å²) in [7, 11) is 0.